The maximum Gasteiger partial charge on any atom is 0.231 e. The fourth-order valence-electron chi connectivity index (χ4n) is 4.25. The molecule has 0 aliphatic rings. The highest BCUT2D eigenvalue weighted by molar-refractivity contribution is 6.31. The number of nitrogens with zero attached hydrogens (tertiary/aromatic N) is 1. The number of oxazole rings is 1. The van der Waals surface area contributed by atoms with Gasteiger partial charge in [-0.25, -0.2) is 4.98 Å². The molecule has 5 rings (SSSR count). The van der Waals surface area contributed by atoms with Crippen LogP contribution in [0.3, 0.4) is 0 Å². The van der Waals surface area contributed by atoms with E-state index in [2.05, 4.69) is 4.98 Å². The summed E-state index contributed by atoms with van der Waals surface area (Å²) in [4.78, 5) is 18.5. The van der Waals surface area contributed by atoms with E-state index in [1.807, 2.05) is 79.7 Å². The van der Waals surface area contributed by atoms with Gasteiger partial charge in [-0.3, -0.25) is 4.79 Å². The number of methoxy groups -OCH3 is 2. The van der Waals surface area contributed by atoms with Crippen LogP contribution >= 0.6 is 0 Å². The number of ether oxygens (including phenoxy) is 4. The molecule has 7 nitrogen and oxygen atoms in total. The van der Waals surface area contributed by atoms with Gasteiger partial charge < -0.3 is 23.4 Å². The number of carbonyl (C=O) groups is 1. The largest absolute Gasteiger partial charge is 0.493 e. The molecule has 0 unspecified atom stereocenters. The number of hydrogen-bond acceptors (Lipinski definition) is 7. The quantitative estimate of drug-likeness (QED) is 0.130. The molecule has 0 fully saturated rings. The first-order valence-corrected chi connectivity index (χ1v) is 12.9. The van der Waals surface area contributed by atoms with Crippen LogP contribution in [0.1, 0.15) is 34.3 Å². The molecule has 202 valence electrons. The van der Waals surface area contributed by atoms with Crippen molar-refractivity contribution in [3.05, 3.63) is 114 Å². The Morgan fingerprint density at radius 1 is 0.800 bits per heavy atom. The van der Waals surface area contributed by atoms with Gasteiger partial charge in [-0.2, -0.15) is 0 Å². The second kappa shape index (κ2) is 12.2. The van der Waals surface area contributed by atoms with Crippen molar-refractivity contribution in [3.8, 4) is 23.0 Å². The number of aromatic nitrogens is 1. The lowest BCUT2D eigenvalue weighted by molar-refractivity contribution is 0.105. The van der Waals surface area contributed by atoms with Crippen LogP contribution in [-0.2, 0) is 6.61 Å². The fourth-order valence-corrected chi connectivity index (χ4v) is 4.25. The number of para-hydroxylation sites is 2. The standard InChI is InChI=1S/C33H29NO6/c1-4-38-31-19-23(14-16-29(31)39-21-22-10-6-5-7-11-22)18-25(33-34-26-12-8-9-13-27(26)40-33)32(35)24-15-17-28(36-2)30(20-24)37-3/h5-20H,4,21H2,1-3H3. The van der Waals surface area contributed by atoms with Crippen LogP contribution in [0.2, 0.25) is 0 Å². The van der Waals surface area contributed by atoms with Gasteiger partial charge in [0.1, 0.15) is 12.1 Å². The van der Waals surface area contributed by atoms with Crippen molar-refractivity contribution >= 4 is 28.5 Å². The fraction of sp³-hybridized carbons (Fsp3) is 0.152. The Morgan fingerprint density at radius 2 is 1.55 bits per heavy atom. The van der Waals surface area contributed by atoms with Gasteiger partial charge in [-0.1, -0.05) is 48.5 Å². The maximum atomic E-state index is 13.9. The van der Waals surface area contributed by atoms with Crippen molar-refractivity contribution < 1.29 is 28.2 Å². The summed E-state index contributed by atoms with van der Waals surface area (Å²) in [7, 11) is 3.08. The molecule has 0 spiro atoms. The number of ketones is 1. The number of allylic oxidation sites excluding steroid dienone is 1. The normalized spacial score (nSPS) is 11.3. The summed E-state index contributed by atoms with van der Waals surface area (Å²) in [5.41, 5.74) is 3.70. The third-order valence-corrected chi connectivity index (χ3v) is 6.23. The Labute approximate surface area is 232 Å². The molecule has 7 heteroatoms. The summed E-state index contributed by atoms with van der Waals surface area (Å²) < 4.78 is 28.7. The number of carbonyl (C=O) groups excluding carboxylic acids is 1. The molecule has 0 amide bonds. The lowest BCUT2D eigenvalue weighted by atomic mass is 10.00. The highest BCUT2D eigenvalue weighted by Crippen LogP contribution is 2.34. The highest BCUT2D eigenvalue weighted by atomic mass is 16.5. The first-order chi connectivity index (χ1) is 19.6. The average Bonchev–Trinajstić information content (AvgIpc) is 3.43. The summed E-state index contributed by atoms with van der Waals surface area (Å²) in [5.74, 6) is 2.08. The van der Waals surface area contributed by atoms with E-state index in [-0.39, 0.29) is 17.2 Å². The van der Waals surface area contributed by atoms with Crippen molar-refractivity contribution in [2.75, 3.05) is 20.8 Å². The predicted octanol–water partition coefficient (Wildman–Crippen LogP) is 7.25. The van der Waals surface area contributed by atoms with Crippen LogP contribution in [0.25, 0.3) is 22.7 Å². The van der Waals surface area contributed by atoms with Gasteiger partial charge in [-0.05, 0) is 66.6 Å². The van der Waals surface area contributed by atoms with Gasteiger partial charge in [0.2, 0.25) is 5.89 Å². The lowest BCUT2D eigenvalue weighted by Gasteiger charge is -2.13. The molecule has 0 saturated heterocycles. The van der Waals surface area contributed by atoms with Gasteiger partial charge in [-0.15, -0.1) is 0 Å². The number of benzene rings is 4. The summed E-state index contributed by atoms with van der Waals surface area (Å²) in [6, 6.07) is 27.9. The monoisotopic (exact) mass is 535 g/mol. The molecule has 0 N–H and O–H groups in total. The molecule has 0 atom stereocenters. The molecule has 1 heterocycles. The molecule has 0 saturated carbocycles. The van der Waals surface area contributed by atoms with E-state index in [1.165, 1.54) is 7.11 Å². The van der Waals surface area contributed by atoms with E-state index in [1.54, 1.807) is 31.4 Å². The second-order valence-corrected chi connectivity index (χ2v) is 8.86. The molecule has 40 heavy (non-hydrogen) atoms. The Bertz CT molecular complexity index is 1620. The van der Waals surface area contributed by atoms with Crippen LogP contribution in [-0.4, -0.2) is 31.6 Å². The zero-order valence-corrected chi connectivity index (χ0v) is 22.5. The minimum Gasteiger partial charge on any atom is -0.493 e. The van der Waals surface area contributed by atoms with Crippen molar-refractivity contribution in [2.24, 2.45) is 0 Å². The highest BCUT2D eigenvalue weighted by Gasteiger charge is 2.22. The van der Waals surface area contributed by atoms with Crippen molar-refractivity contribution in [1.82, 2.24) is 4.98 Å². The molecule has 0 aliphatic heterocycles. The molecule has 4 aromatic carbocycles. The minimum atomic E-state index is -0.283. The molecule has 1 aromatic heterocycles. The Morgan fingerprint density at radius 3 is 2.30 bits per heavy atom. The Hall–Kier alpha value is -5.04. The van der Waals surface area contributed by atoms with Crippen molar-refractivity contribution in [1.29, 1.82) is 0 Å². The van der Waals surface area contributed by atoms with Gasteiger partial charge in [0.05, 0.1) is 26.4 Å². The smallest absolute Gasteiger partial charge is 0.231 e. The van der Waals surface area contributed by atoms with Crippen LogP contribution in [0.15, 0.2) is 95.4 Å². The zero-order valence-electron chi connectivity index (χ0n) is 22.5. The van der Waals surface area contributed by atoms with Crippen molar-refractivity contribution in [2.45, 2.75) is 13.5 Å². The van der Waals surface area contributed by atoms with Crippen molar-refractivity contribution in [3.63, 3.8) is 0 Å². The first kappa shape index (κ1) is 26.6. The number of fused-ring (bicyclic) bond motifs is 1. The van der Waals surface area contributed by atoms with E-state index in [0.717, 1.165) is 11.1 Å². The summed E-state index contributed by atoms with van der Waals surface area (Å²) in [6.45, 7) is 2.77. The van der Waals surface area contributed by atoms with Gasteiger partial charge >= 0.3 is 0 Å². The number of Topliss-reactive ketones (excluding diaryl/α,β-unsaturated/α-hetero) is 1. The number of hydrogen-bond donors (Lipinski definition) is 0. The van der Waals surface area contributed by atoms with E-state index in [0.29, 0.717) is 52.9 Å². The predicted molar refractivity (Wildman–Crippen MR) is 154 cm³/mol. The summed E-state index contributed by atoms with van der Waals surface area (Å²) >= 11 is 0. The van der Waals surface area contributed by atoms with Crippen LogP contribution < -0.4 is 18.9 Å². The zero-order chi connectivity index (χ0) is 27.9. The summed E-state index contributed by atoms with van der Waals surface area (Å²) in [5, 5.41) is 0. The van der Waals surface area contributed by atoms with Gasteiger partial charge in [0.25, 0.3) is 0 Å². The second-order valence-electron chi connectivity index (χ2n) is 8.86. The third-order valence-electron chi connectivity index (χ3n) is 6.23. The number of rotatable bonds is 11. The first-order valence-electron chi connectivity index (χ1n) is 12.9. The maximum absolute atomic E-state index is 13.9. The molecular weight excluding hydrogens is 506 g/mol. The molecule has 0 bridgehead atoms. The molecular formula is C33H29NO6. The van der Waals surface area contributed by atoms with Gasteiger partial charge in [0, 0.05) is 5.56 Å². The molecule has 5 aromatic rings. The topological polar surface area (TPSA) is 80.0 Å². The van der Waals surface area contributed by atoms with Gasteiger partial charge in [0.15, 0.2) is 34.4 Å². The third kappa shape index (κ3) is 5.83. The van der Waals surface area contributed by atoms with Crippen LogP contribution in [0.5, 0.6) is 23.0 Å². The molecule has 0 radical (unpaired) electrons. The van der Waals surface area contributed by atoms with Crippen LogP contribution in [0.4, 0.5) is 0 Å². The average molecular weight is 536 g/mol. The van der Waals surface area contributed by atoms with E-state index in [4.69, 9.17) is 23.4 Å². The minimum absolute atomic E-state index is 0.211. The van der Waals surface area contributed by atoms with Crippen LogP contribution in [0, 0.1) is 0 Å². The molecule has 0 aliphatic carbocycles. The Balaban J connectivity index is 1.55. The lowest BCUT2D eigenvalue weighted by Crippen LogP contribution is -2.05. The Kier molecular flexibility index (Phi) is 8.11. The van der Waals surface area contributed by atoms with E-state index < -0.39 is 0 Å². The van der Waals surface area contributed by atoms with E-state index in [9.17, 15) is 4.79 Å². The van der Waals surface area contributed by atoms with E-state index >= 15 is 0 Å². The SMILES string of the molecule is CCOc1cc(C=C(C(=O)c2ccc(OC)c(OC)c2)c2nc3ccccc3o2)ccc1OCc1ccccc1. The summed E-state index contributed by atoms with van der Waals surface area (Å²) in [6.07, 6.45) is 1.74.